The summed E-state index contributed by atoms with van der Waals surface area (Å²) in [7, 11) is -1.82. The Balaban J connectivity index is 4.53. The van der Waals surface area contributed by atoms with Crippen LogP contribution in [0.5, 0.6) is 0 Å². The van der Waals surface area contributed by atoms with Crippen LogP contribution in [0.4, 0.5) is 0 Å². The van der Waals surface area contributed by atoms with Crippen LogP contribution in [-0.4, -0.2) is 25.6 Å². The van der Waals surface area contributed by atoms with Crippen molar-refractivity contribution in [3.8, 4) is 0 Å². The van der Waals surface area contributed by atoms with Gasteiger partial charge >= 0.3 is 0 Å². The first-order valence-corrected chi connectivity index (χ1v) is 11.0. The van der Waals surface area contributed by atoms with Gasteiger partial charge in [-0.05, 0) is 39.5 Å². The Morgan fingerprint density at radius 1 is 0.636 bits per heavy atom. The van der Waals surface area contributed by atoms with E-state index < -0.39 is 10.9 Å². The van der Waals surface area contributed by atoms with Crippen molar-refractivity contribution in [2.24, 2.45) is 5.92 Å². The topological polar surface area (TPSA) is 27.7 Å². The Bertz CT molecular complexity index is 219. The van der Waals surface area contributed by atoms with Gasteiger partial charge in [0.1, 0.15) is 0 Å². The van der Waals surface area contributed by atoms with E-state index in [2.05, 4.69) is 13.8 Å². The molecule has 1 unspecified atom stereocenters. The molecule has 0 aromatic rings. The largest absolute Gasteiger partial charge is 0.293 e. The smallest absolute Gasteiger partial charge is 0.0890 e. The Labute approximate surface area is 141 Å². The minimum atomic E-state index is -1.82. The van der Waals surface area contributed by atoms with Crippen LogP contribution < -0.4 is 0 Å². The van der Waals surface area contributed by atoms with Crippen LogP contribution in [0, 0.1) is 5.92 Å². The molecule has 0 N–H and O–H groups in total. The van der Waals surface area contributed by atoms with E-state index in [1.165, 1.54) is 51.4 Å². The number of rotatable bonds is 16. The first kappa shape index (κ1) is 22.2. The molecule has 136 valence electrons. The fraction of sp³-hybridized carbons (Fsp3) is 1.00. The van der Waals surface area contributed by atoms with Gasteiger partial charge in [0.15, 0.2) is 0 Å². The molecule has 3 nitrogen and oxygen atoms in total. The molecule has 0 aromatic carbocycles. The maximum absolute atomic E-state index is 5.97. The molecule has 0 aliphatic heterocycles. The third-order valence-electron chi connectivity index (χ3n) is 3.74. The second-order valence-corrected chi connectivity index (χ2v) is 7.96. The van der Waals surface area contributed by atoms with E-state index in [9.17, 15) is 0 Å². The standard InChI is InChI=1S/C18H40O3S/c1-6-11-12-13-14-16-18(15-7-2)17-22(19-8-3,20-9-4)21-10-5/h18H,6-17H2,1-5H3. The molecule has 0 spiro atoms. The highest BCUT2D eigenvalue weighted by Gasteiger charge is 2.30. The average Bonchev–Trinajstić information content (AvgIpc) is 2.48. The molecule has 0 heterocycles. The predicted molar refractivity (Wildman–Crippen MR) is 99.1 cm³/mol. The van der Waals surface area contributed by atoms with Gasteiger partial charge in [-0.25, -0.2) is 0 Å². The molecule has 0 saturated heterocycles. The monoisotopic (exact) mass is 336 g/mol. The summed E-state index contributed by atoms with van der Waals surface area (Å²) in [6, 6.07) is 0. The highest BCUT2D eigenvalue weighted by Crippen LogP contribution is 2.53. The first-order valence-electron chi connectivity index (χ1n) is 9.41. The van der Waals surface area contributed by atoms with Crippen LogP contribution >= 0.6 is 10.9 Å². The van der Waals surface area contributed by atoms with Crippen LogP contribution in [-0.2, 0) is 12.5 Å². The van der Waals surface area contributed by atoms with E-state index in [0.29, 0.717) is 25.7 Å². The third kappa shape index (κ3) is 10.1. The van der Waals surface area contributed by atoms with Gasteiger partial charge in [0, 0.05) is 5.75 Å². The van der Waals surface area contributed by atoms with Gasteiger partial charge in [-0.15, -0.1) is 0 Å². The van der Waals surface area contributed by atoms with Crippen LogP contribution in [0.25, 0.3) is 0 Å². The van der Waals surface area contributed by atoms with E-state index in [4.69, 9.17) is 12.5 Å². The molecule has 0 aromatic heterocycles. The summed E-state index contributed by atoms with van der Waals surface area (Å²) in [5.74, 6) is 1.59. The maximum atomic E-state index is 5.97. The Kier molecular flexibility index (Phi) is 15.0. The van der Waals surface area contributed by atoms with Crippen LogP contribution in [0.15, 0.2) is 0 Å². The van der Waals surface area contributed by atoms with E-state index >= 15 is 0 Å². The lowest BCUT2D eigenvalue weighted by Crippen LogP contribution is -2.22. The number of hydrogen-bond acceptors (Lipinski definition) is 3. The number of unbranched alkanes of at least 4 members (excludes halogenated alkanes) is 4. The molecule has 0 aliphatic carbocycles. The van der Waals surface area contributed by atoms with Crippen molar-refractivity contribution in [3.63, 3.8) is 0 Å². The predicted octanol–water partition coefficient (Wildman–Crippen LogP) is 6.42. The van der Waals surface area contributed by atoms with E-state index in [1.807, 2.05) is 20.8 Å². The molecule has 0 rings (SSSR count). The van der Waals surface area contributed by atoms with Crippen molar-refractivity contribution >= 4 is 10.9 Å². The SMILES string of the molecule is CCCCCCCC(CCC)CS(OCC)(OCC)OCC. The van der Waals surface area contributed by atoms with Crippen molar-refractivity contribution in [1.29, 1.82) is 0 Å². The summed E-state index contributed by atoms with van der Waals surface area (Å²) in [5.41, 5.74) is 0. The van der Waals surface area contributed by atoms with Crippen molar-refractivity contribution in [3.05, 3.63) is 0 Å². The minimum Gasteiger partial charge on any atom is -0.293 e. The minimum absolute atomic E-state index is 0.657. The summed E-state index contributed by atoms with van der Waals surface area (Å²) >= 11 is 0. The molecule has 0 radical (unpaired) electrons. The zero-order valence-electron chi connectivity index (χ0n) is 15.7. The molecule has 1 atom stereocenters. The van der Waals surface area contributed by atoms with Crippen molar-refractivity contribution < 1.29 is 12.5 Å². The molecule has 0 bridgehead atoms. The van der Waals surface area contributed by atoms with Crippen molar-refractivity contribution in [2.75, 3.05) is 25.6 Å². The van der Waals surface area contributed by atoms with Gasteiger partial charge in [-0.1, -0.05) is 52.4 Å². The summed E-state index contributed by atoms with van der Waals surface area (Å²) in [4.78, 5) is 0. The Morgan fingerprint density at radius 3 is 1.64 bits per heavy atom. The second kappa shape index (κ2) is 14.8. The van der Waals surface area contributed by atoms with Crippen molar-refractivity contribution in [1.82, 2.24) is 0 Å². The van der Waals surface area contributed by atoms with Gasteiger partial charge in [-0.3, -0.25) is 12.5 Å². The summed E-state index contributed by atoms with van der Waals surface area (Å²) in [5, 5.41) is 0. The van der Waals surface area contributed by atoms with Gasteiger partial charge in [-0.2, -0.15) is 0 Å². The fourth-order valence-electron chi connectivity index (χ4n) is 2.83. The summed E-state index contributed by atoms with van der Waals surface area (Å²) in [6.45, 7) is 12.6. The zero-order valence-corrected chi connectivity index (χ0v) is 16.5. The highest BCUT2D eigenvalue weighted by atomic mass is 32.3. The van der Waals surface area contributed by atoms with Crippen LogP contribution in [0.1, 0.15) is 86.0 Å². The molecular weight excluding hydrogens is 296 g/mol. The lowest BCUT2D eigenvalue weighted by atomic mass is 9.98. The quantitative estimate of drug-likeness (QED) is 0.304. The van der Waals surface area contributed by atoms with E-state index in [-0.39, 0.29) is 0 Å². The lowest BCUT2D eigenvalue weighted by molar-refractivity contribution is 0.180. The van der Waals surface area contributed by atoms with Crippen molar-refractivity contribution in [2.45, 2.75) is 86.0 Å². The average molecular weight is 337 g/mol. The van der Waals surface area contributed by atoms with E-state index in [0.717, 1.165) is 5.75 Å². The second-order valence-electron chi connectivity index (χ2n) is 5.80. The molecule has 0 aliphatic rings. The van der Waals surface area contributed by atoms with Gasteiger partial charge in [0.2, 0.25) is 0 Å². The first-order chi connectivity index (χ1) is 10.7. The summed E-state index contributed by atoms with van der Waals surface area (Å²) in [6.07, 6.45) is 10.5. The molecule has 4 heteroatoms. The Hall–Kier alpha value is 0.230. The van der Waals surface area contributed by atoms with E-state index in [1.54, 1.807) is 0 Å². The van der Waals surface area contributed by atoms with Gasteiger partial charge in [0.05, 0.1) is 30.7 Å². The molecule has 0 fully saturated rings. The zero-order chi connectivity index (χ0) is 16.7. The molecule has 22 heavy (non-hydrogen) atoms. The third-order valence-corrected chi connectivity index (χ3v) is 6.41. The lowest BCUT2D eigenvalue weighted by Gasteiger charge is -2.39. The highest BCUT2D eigenvalue weighted by molar-refractivity contribution is 8.21. The molecular formula is C18H40O3S. The van der Waals surface area contributed by atoms with Gasteiger partial charge < -0.3 is 0 Å². The molecule has 0 saturated carbocycles. The summed E-state index contributed by atoms with van der Waals surface area (Å²) < 4.78 is 17.9. The maximum Gasteiger partial charge on any atom is 0.0890 e. The van der Waals surface area contributed by atoms with Gasteiger partial charge in [0.25, 0.3) is 0 Å². The number of hydrogen-bond donors (Lipinski definition) is 0. The Morgan fingerprint density at radius 2 is 1.18 bits per heavy atom. The fourth-order valence-corrected chi connectivity index (χ4v) is 5.31. The molecule has 0 amide bonds. The van der Waals surface area contributed by atoms with Crippen LogP contribution in [0.3, 0.4) is 0 Å². The van der Waals surface area contributed by atoms with Crippen LogP contribution in [0.2, 0.25) is 0 Å². The normalized spacial score (nSPS) is 14.2.